The monoisotopic (exact) mass is 287 g/mol. The van der Waals surface area contributed by atoms with Crippen LogP contribution in [0.5, 0.6) is 0 Å². The number of nitrogens with one attached hydrogen (secondary N) is 1. The summed E-state index contributed by atoms with van der Waals surface area (Å²) in [5.41, 5.74) is 0.898. The smallest absolute Gasteiger partial charge is 0.306 e. The Morgan fingerprint density at radius 3 is 2.90 bits per heavy atom. The molecule has 2 N–H and O–H groups in total. The number of hydrogen-bond donors (Lipinski definition) is 2. The van der Waals surface area contributed by atoms with Gasteiger partial charge in [-0.25, -0.2) is 0 Å². The van der Waals surface area contributed by atoms with E-state index in [1.807, 2.05) is 30.3 Å². The second-order valence-electron chi connectivity index (χ2n) is 5.87. The van der Waals surface area contributed by atoms with Crippen LogP contribution in [-0.4, -0.2) is 17.6 Å². The molecule has 0 spiro atoms. The van der Waals surface area contributed by atoms with Crippen LogP contribution < -0.4 is 5.32 Å². The molecule has 4 nitrogen and oxygen atoms in total. The second-order valence-corrected chi connectivity index (χ2v) is 5.87. The van der Waals surface area contributed by atoms with E-state index in [0.717, 1.165) is 49.0 Å². The van der Waals surface area contributed by atoms with E-state index in [1.165, 1.54) is 0 Å². The van der Waals surface area contributed by atoms with Crippen molar-refractivity contribution in [3.05, 3.63) is 36.1 Å². The lowest BCUT2D eigenvalue weighted by Gasteiger charge is -2.28. The molecule has 1 saturated carbocycles. The van der Waals surface area contributed by atoms with Gasteiger partial charge >= 0.3 is 5.97 Å². The predicted molar refractivity (Wildman–Crippen MR) is 81.0 cm³/mol. The van der Waals surface area contributed by atoms with Crippen molar-refractivity contribution in [3.8, 4) is 0 Å². The van der Waals surface area contributed by atoms with Gasteiger partial charge in [0.15, 0.2) is 0 Å². The molecule has 1 aromatic carbocycles. The molecule has 0 bridgehead atoms. The third-order valence-electron chi connectivity index (χ3n) is 4.41. The van der Waals surface area contributed by atoms with Crippen LogP contribution in [0.3, 0.4) is 0 Å². The summed E-state index contributed by atoms with van der Waals surface area (Å²) in [6.45, 7) is 1.39. The summed E-state index contributed by atoms with van der Waals surface area (Å²) in [5.74, 6) is 0.298. The predicted octanol–water partition coefficient (Wildman–Crippen LogP) is 3.41. The Hall–Kier alpha value is -1.81. The zero-order valence-corrected chi connectivity index (χ0v) is 12.0. The Kier molecular flexibility index (Phi) is 4.25. The highest BCUT2D eigenvalue weighted by atomic mass is 16.4. The van der Waals surface area contributed by atoms with Gasteiger partial charge in [-0.05, 0) is 37.4 Å². The fraction of sp³-hybridized carbons (Fsp3) is 0.471. The molecule has 1 aliphatic carbocycles. The third kappa shape index (κ3) is 3.27. The van der Waals surface area contributed by atoms with Crippen molar-refractivity contribution >= 4 is 16.9 Å². The quantitative estimate of drug-likeness (QED) is 0.884. The van der Waals surface area contributed by atoms with Gasteiger partial charge in [0.2, 0.25) is 0 Å². The Morgan fingerprint density at radius 1 is 1.29 bits per heavy atom. The van der Waals surface area contributed by atoms with Gasteiger partial charge in [0, 0.05) is 5.39 Å². The first-order chi connectivity index (χ1) is 10.2. The number of rotatable bonds is 5. The molecule has 2 atom stereocenters. The van der Waals surface area contributed by atoms with Crippen LogP contribution in [0.1, 0.15) is 31.4 Å². The van der Waals surface area contributed by atoms with Crippen molar-refractivity contribution in [3.63, 3.8) is 0 Å². The number of carboxylic acid groups (broad SMARTS) is 1. The minimum atomic E-state index is -0.648. The van der Waals surface area contributed by atoms with Crippen molar-refractivity contribution in [2.75, 3.05) is 6.54 Å². The first-order valence-electron chi connectivity index (χ1n) is 7.65. The lowest BCUT2D eigenvalue weighted by molar-refractivity contribution is -0.144. The molecule has 1 aliphatic rings. The summed E-state index contributed by atoms with van der Waals surface area (Å²) in [6, 6.07) is 9.99. The van der Waals surface area contributed by atoms with Gasteiger partial charge in [0.05, 0.1) is 12.5 Å². The van der Waals surface area contributed by atoms with Crippen molar-refractivity contribution < 1.29 is 14.3 Å². The molecule has 0 amide bonds. The van der Waals surface area contributed by atoms with Gasteiger partial charge in [-0.3, -0.25) is 4.79 Å². The molecule has 1 fully saturated rings. The van der Waals surface area contributed by atoms with Crippen molar-refractivity contribution in [2.24, 2.45) is 11.8 Å². The van der Waals surface area contributed by atoms with Crippen LogP contribution in [0.15, 0.2) is 34.7 Å². The lowest BCUT2D eigenvalue weighted by atomic mass is 9.79. The normalized spacial score (nSPS) is 22.5. The summed E-state index contributed by atoms with van der Waals surface area (Å²) < 4.78 is 5.75. The van der Waals surface area contributed by atoms with Crippen LogP contribution >= 0.6 is 0 Å². The highest BCUT2D eigenvalue weighted by Gasteiger charge is 2.30. The summed E-state index contributed by atoms with van der Waals surface area (Å²) in [4.78, 5) is 11.3. The Balaban J connectivity index is 1.56. The Labute approximate surface area is 124 Å². The van der Waals surface area contributed by atoms with Crippen molar-refractivity contribution in [1.82, 2.24) is 5.32 Å². The van der Waals surface area contributed by atoms with E-state index in [9.17, 15) is 9.90 Å². The number of benzene rings is 1. The van der Waals surface area contributed by atoms with E-state index in [4.69, 9.17) is 4.42 Å². The fourth-order valence-corrected chi connectivity index (χ4v) is 3.28. The number of aliphatic carboxylic acids is 1. The Bertz CT molecular complexity index is 586. The van der Waals surface area contributed by atoms with Gasteiger partial charge in [0.25, 0.3) is 0 Å². The first kappa shape index (κ1) is 14.1. The summed E-state index contributed by atoms with van der Waals surface area (Å²) in [7, 11) is 0. The maximum absolute atomic E-state index is 11.3. The lowest BCUT2D eigenvalue weighted by Crippen LogP contribution is -2.34. The molecule has 1 aromatic heterocycles. The molecule has 0 aliphatic heterocycles. The maximum Gasteiger partial charge on any atom is 0.306 e. The number of para-hydroxylation sites is 1. The summed E-state index contributed by atoms with van der Waals surface area (Å²) >= 11 is 0. The highest BCUT2D eigenvalue weighted by Crippen LogP contribution is 2.29. The number of fused-ring (bicyclic) bond motifs is 1. The topological polar surface area (TPSA) is 62.5 Å². The second kappa shape index (κ2) is 6.31. The molecule has 112 valence electrons. The molecule has 0 radical (unpaired) electrons. The third-order valence-corrected chi connectivity index (χ3v) is 4.41. The zero-order chi connectivity index (χ0) is 14.7. The van der Waals surface area contributed by atoms with E-state index in [-0.39, 0.29) is 11.8 Å². The molecule has 0 saturated heterocycles. The van der Waals surface area contributed by atoms with Crippen molar-refractivity contribution in [2.45, 2.75) is 32.2 Å². The number of carboxylic acids is 1. The van der Waals surface area contributed by atoms with Crippen LogP contribution in [0, 0.1) is 11.8 Å². The number of carbonyl (C=O) groups is 1. The van der Waals surface area contributed by atoms with E-state index >= 15 is 0 Å². The standard InChI is InChI=1S/C17H21NO3/c19-17(20)15-7-3-1-6-13(15)10-18-11-14-9-12-5-2-4-8-16(12)21-14/h2,4-5,8-9,13,15,18H,1,3,6-7,10-11H2,(H,19,20). The van der Waals surface area contributed by atoms with Crippen molar-refractivity contribution in [1.29, 1.82) is 0 Å². The van der Waals surface area contributed by atoms with E-state index in [2.05, 4.69) is 5.32 Å². The summed E-state index contributed by atoms with van der Waals surface area (Å²) in [6.07, 6.45) is 3.99. The van der Waals surface area contributed by atoms with Gasteiger partial charge in [-0.15, -0.1) is 0 Å². The van der Waals surface area contributed by atoms with Crippen LogP contribution in [0.4, 0.5) is 0 Å². The molecule has 2 aromatic rings. The fourth-order valence-electron chi connectivity index (χ4n) is 3.28. The van der Waals surface area contributed by atoms with Gasteiger partial charge < -0.3 is 14.8 Å². The number of furan rings is 1. The largest absolute Gasteiger partial charge is 0.481 e. The van der Waals surface area contributed by atoms with E-state index < -0.39 is 5.97 Å². The summed E-state index contributed by atoms with van der Waals surface area (Å²) in [5, 5.41) is 13.7. The van der Waals surface area contributed by atoms with E-state index in [1.54, 1.807) is 0 Å². The average molecular weight is 287 g/mol. The molecule has 1 heterocycles. The Morgan fingerprint density at radius 2 is 2.10 bits per heavy atom. The molecule has 3 rings (SSSR count). The van der Waals surface area contributed by atoms with E-state index in [0.29, 0.717) is 6.54 Å². The zero-order valence-electron chi connectivity index (χ0n) is 12.0. The molecule has 21 heavy (non-hydrogen) atoms. The van der Waals surface area contributed by atoms with Crippen LogP contribution in [-0.2, 0) is 11.3 Å². The molecule has 2 unspecified atom stereocenters. The van der Waals surface area contributed by atoms with Crippen LogP contribution in [0.2, 0.25) is 0 Å². The molecular formula is C17H21NO3. The van der Waals surface area contributed by atoms with Gasteiger partial charge in [-0.1, -0.05) is 31.0 Å². The van der Waals surface area contributed by atoms with Crippen LogP contribution in [0.25, 0.3) is 11.0 Å². The highest BCUT2D eigenvalue weighted by molar-refractivity contribution is 5.77. The van der Waals surface area contributed by atoms with Gasteiger partial charge in [-0.2, -0.15) is 0 Å². The molecular weight excluding hydrogens is 266 g/mol. The minimum Gasteiger partial charge on any atom is -0.481 e. The average Bonchev–Trinajstić information content (AvgIpc) is 2.90. The minimum absolute atomic E-state index is 0.193. The molecule has 4 heteroatoms. The first-order valence-corrected chi connectivity index (χ1v) is 7.65. The SMILES string of the molecule is O=C(O)C1CCCCC1CNCc1cc2ccccc2o1. The maximum atomic E-state index is 11.3. The number of hydrogen-bond acceptors (Lipinski definition) is 3. The van der Waals surface area contributed by atoms with Gasteiger partial charge in [0.1, 0.15) is 11.3 Å².